The van der Waals surface area contributed by atoms with Gasteiger partial charge in [-0.2, -0.15) is 0 Å². The van der Waals surface area contributed by atoms with E-state index >= 15 is 0 Å². The fraction of sp³-hybridized carbons (Fsp3) is 0.154. The van der Waals surface area contributed by atoms with Crippen LogP contribution in [0.2, 0.25) is 0 Å². The van der Waals surface area contributed by atoms with Crippen LogP contribution in [0.15, 0.2) is 30.5 Å². The Balaban J connectivity index is 2.42. The summed E-state index contributed by atoms with van der Waals surface area (Å²) in [5.41, 5.74) is 1.16. The van der Waals surface area contributed by atoms with Gasteiger partial charge in [-0.25, -0.2) is 9.37 Å². The summed E-state index contributed by atoms with van der Waals surface area (Å²) in [6.07, 6.45) is 1.56. The second-order valence-electron chi connectivity index (χ2n) is 4.05. The Morgan fingerprint density at radius 2 is 2.25 bits per heavy atom. The monoisotopic (exact) mass is 340 g/mol. The van der Waals surface area contributed by atoms with Crippen LogP contribution in [-0.4, -0.2) is 9.91 Å². The van der Waals surface area contributed by atoms with Crippen LogP contribution in [0, 0.1) is 22.9 Å². The van der Waals surface area contributed by atoms with Gasteiger partial charge in [0.1, 0.15) is 0 Å². The maximum atomic E-state index is 13.7. The molecule has 104 valence electrons. The molecule has 0 saturated heterocycles. The van der Waals surface area contributed by atoms with Crippen molar-refractivity contribution in [3.05, 3.63) is 57.5 Å². The van der Waals surface area contributed by atoms with Crippen LogP contribution in [0.25, 0.3) is 0 Å². The second kappa shape index (κ2) is 5.96. The molecule has 0 spiro atoms. The molecular formula is C13H10BrFN2O3. The van der Waals surface area contributed by atoms with Crippen molar-refractivity contribution < 1.29 is 14.1 Å². The molecule has 2 rings (SSSR count). The van der Waals surface area contributed by atoms with Crippen molar-refractivity contribution in [1.82, 2.24) is 4.98 Å². The van der Waals surface area contributed by atoms with E-state index in [0.717, 1.165) is 11.6 Å². The molecule has 1 aromatic carbocycles. The first-order chi connectivity index (χ1) is 9.52. The topological polar surface area (TPSA) is 65.3 Å². The van der Waals surface area contributed by atoms with Gasteiger partial charge in [0.05, 0.1) is 4.92 Å². The Morgan fingerprint density at radius 1 is 1.50 bits per heavy atom. The first-order valence-electron chi connectivity index (χ1n) is 5.65. The molecule has 20 heavy (non-hydrogen) atoms. The first-order valence-corrected chi connectivity index (χ1v) is 6.77. The number of hydrogen-bond acceptors (Lipinski definition) is 4. The Hall–Kier alpha value is -2.02. The van der Waals surface area contributed by atoms with Gasteiger partial charge in [-0.05, 0) is 24.6 Å². The van der Waals surface area contributed by atoms with E-state index in [1.54, 1.807) is 13.1 Å². The fourth-order valence-corrected chi connectivity index (χ4v) is 1.95. The van der Waals surface area contributed by atoms with Crippen LogP contribution in [-0.2, 0) is 5.33 Å². The number of hydrogen-bond donors (Lipinski definition) is 0. The second-order valence-corrected chi connectivity index (χ2v) is 4.61. The Labute approximate surface area is 122 Å². The summed E-state index contributed by atoms with van der Waals surface area (Å²) >= 11 is 3.30. The molecule has 0 aliphatic rings. The Bertz CT molecular complexity index is 664. The van der Waals surface area contributed by atoms with E-state index in [1.807, 2.05) is 6.07 Å². The number of aromatic nitrogens is 1. The predicted octanol–water partition coefficient (Wildman–Crippen LogP) is 4.12. The van der Waals surface area contributed by atoms with Gasteiger partial charge in [-0.1, -0.05) is 22.0 Å². The molecule has 0 unspecified atom stereocenters. The first kappa shape index (κ1) is 14.4. The number of aryl methyl sites for hydroxylation is 1. The Morgan fingerprint density at radius 3 is 2.85 bits per heavy atom. The van der Waals surface area contributed by atoms with Gasteiger partial charge in [-0.3, -0.25) is 10.1 Å². The van der Waals surface area contributed by atoms with Crippen LogP contribution in [0.3, 0.4) is 0 Å². The van der Waals surface area contributed by atoms with Crippen LogP contribution >= 0.6 is 15.9 Å². The number of alkyl halides is 1. The van der Waals surface area contributed by atoms with E-state index < -0.39 is 22.2 Å². The summed E-state index contributed by atoms with van der Waals surface area (Å²) in [5.74, 6) is -1.09. The third kappa shape index (κ3) is 2.93. The Kier molecular flexibility index (Phi) is 4.29. The molecule has 0 bridgehead atoms. The molecule has 1 aromatic heterocycles. The average Bonchev–Trinajstić information content (AvgIpc) is 2.42. The highest BCUT2D eigenvalue weighted by molar-refractivity contribution is 9.08. The van der Waals surface area contributed by atoms with Gasteiger partial charge in [0.15, 0.2) is 5.82 Å². The molecule has 2 aromatic rings. The van der Waals surface area contributed by atoms with E-state index in [0.29, 0.717) is 10.9 Å². The zero-order valence-corrected chi connectivity index (χ0v) is 12.1. The van der Waals surface area contributed by atoms with Crippen molar-refractivity contribution in [3.63, 3.8) is 0 Å². The van der Waals surface area contributed by atoms with E-state index in [9.17, 15) is 14.5 Å². The normalized spacial score (nSPS) is 10.3. The average molecular weight is 341 g/mol. The fourth-order valence-electron chi connectivity index (χ4n) is 1.64. The van der Waals surface area contributed by atoms with Crippen molar-refractivity contribution >= 4 is 21.6 Å². The van der Waals surface area contributed by atoms with Crippen LogP contribution < -0.4 is 4.74 Å². The zero-order chi connectivity index (χ0) is 14.7. The standard InChI is InChI=1S/C13H10BrFN2O3/c1-8-5-9(6-14)7-16-13(8)20-12-10(15)3-2-4-11(12)17(18)19/h2-5,7H,6H2,1H3. The zero-order valence-electron chi connectivity index (χ0n) is 10.5. The number of pyridine rings is 1. The van der Waals surface area contributed by atoms with Gasteiger partial charge < -0.3 is 4.74 Å². The quantitative estimate of drug-likeness (QED) is 0.477. The van der Waals surface area contributed by atoms with E-state index in [2.05, 4.69) is 20.9 Å². The molecule has 1 heterocycles. The minimum atomic E-state index is -0.801. The van der Waals surface area contributed by atoms with Gasteiger partial charge in [0, 0.05) is 23.2 Å². The number of halogens is 2. The largest absolute Gasteiger partial charge is 0.428 e. The molecule has 7 heteroatoms. The van der Waals surface area contributed by atoms with Crippen LogP contribution in [0.5, 0.6) is 11.6 Å². The number of nitro benzene ring substituents is 1. The molecular weight excluding hydrogens is 331 g/mol. The SMILES string of the molecule is Cc1cc(CBr)cnc1Oc1c(F)cccc1[N+](=O)[O-]. The summed E-state index contributed by atoms with van der Waals surface area (Å²) < 4.78 is 19.0. The molecule has 0 amide bonds. The van der Waals surface area contributed by atoms with E-state index in [4.69, 9.17) is 4.74 Å². The molecule has 0 N–H and O–H groups in total. The summed E-state index contributed by atoms with van der Waals surface area (Å²) in [6.45, 7) is 1.74. The number of rotatable bonds is 4. The van der Waals surface area contributed by atoms with Gasteiger partial charge in [-0.15, -0.1) is 0 Å². The van der Waals surface area contributed by atoms with E-state index in [1.165, 1.54) is 12.1 Å². The maximum Gasteiger partial charge on any atom is 0.314 e. The lowest BCUT2D eigenvalue weighted by Gasteiger charge is -2.09. The number of ether oxygens (including phenoxy) is 1. The molecule has 0 aliphatic carbocycles. The lowest BCUT2D eigenvalue weighted by Crippen LogP contribution is -1.99. The summed E-state index contributed by atoms with van der Waals surface area (Å²) in [5, 5.41) is 11.5. The predicted molar refractivity (Wildman–Crippen MR) is 74.7 cm³/mol. The van der Waals surface area contributed by atoms with Crippen molar-refractivity contribution in [1.29, 1.82) is 0 Å². The van der Waals surface area contributed by atoms with Gasteiger partial charge in [0.25, 0.3) is 0 Å². The third-order valence-electron chi connectivity index (χ3n) is 2.58. The lowest BCUT2D eigenvalue weighted by molar-refractivity contribution is -0.385. The molecule has 5 nitrogen and oxygen atoms in total. The highest BCUT2D eigenvalue weighted by Gasteiger charge is 2.21. The summed E-state index contributed by atoms with van der Waals surface area (Å²) in [4.78, 5) is 14.2. The number of nitro groups is 1. The molecule has 0 saturated carbocycles. The molecule has 0 atom stereocenters. The molecule has 0 aliphatic heterocycles. The van der Waals surface area contributed by atoms with Crippen molar-refractivity contribution in [2.24, 2.45) is 0 Å². The minimum Gasteiger partial charge on any atom is -0.428 e. The third-order valence-corrected chi connectivity index (χ3v) is 3.23. The van der Waals surface area contributed by atoms with Crippen LogP contribution in [0.4, 0.5) is 10.1 Å². The van der Waals surface area contributed by atoms with Crippen molar-refractivity contribution in [2.75, 3.05) is 0 Å². The highest BCUT2D eigenvalue weighted by atomic mass is 79.9. The highest BCUT2D eigenvalue weighted by Crippen LogP contribution is 2.34. The van der Waals surface area contributed by atoms with Crippen molar-refractivity contribution in [2.45, 2.75) is 12.3 Å². The molecule has 0 fully saturated rings. The maximum absolute atomic E-state index is 13.7. The molecule has 0 radical (unpaired) electrons. The number of para-hydroxylation sites is 1. The number of nitrogens with zero attached hydrogens (tertiary/aromatic N) is 2. The smallest absolute Gasteiger partial charge is 0.314 e. The number of benzene rings is 1. The lowest BCUT2D eigenvalue weighted by atomic mass is 10.2. The minimum absolute atomic E-state index is 0.142. The van der Waals surface area contributed by atoms with Gasteiger partial charge >= 0.3 is 5.69 Å². The summed E-state index contributed by atoms with van der Waals surface area (Å²) in [6, 6.07) is 5.35. The van der Waals surface area contributed by atoms with Crippen molar-refractivity contribution in [3.8, 4) is 11.6 Å². The summed E-state index contributed by atoms with van der Waals surface area (Å²) in [7, 11) is 0. The van der Waals surface area contributed by atoms with Crippen LogP contribution in [0.1, 0.15) is 11.1 Å². The van der Waals surface area contributed by atoms with Gasteiger partial charge in [0.2, 0.25) is 11.6 Å². The van der Waals surface area contributed by atoms with E-state index in [-0.39, 0.29) is 5.88 Å².